The smallest absolute Gasteiger partial charge is 0.410 e. The van der Waals surface area contributed by atoms with Crippen LogP contribution in [0.2, 0.25) is 0 Å². The van der Waals surface area contributed by atoms with Gasteiger partial charge in [-0.1, -0.05) is 12.1 Å². The average molecular weight is 365 g/mol. The van der Waals surface area contributed by atoms with Crippen LogP contribution in [0.5, 0.6) is 0 Å². The topological polar surface area (TPSA) is 75.9 Å². The molecule has 1 aromatic rings. The van der Waals surface area contributed by atoms with Crippen molar-refractivity contribution in [2.24, 2.45) is 5.73 Å². The number of carbonyl (C=O) groups is 2. The maximum atomic E-state index is 13.2. The van der Waals surface area contributed by atoms with Crippen LogP contribution in [0.4, 0.5) is 9.18 Å². The van der Waals surface area contributed by atoms with Crippen LogP contribution in [0.15, 0.2) is 24.3 Å². The highest BCUT2D eigenvalue weighted by atomic mass is 19.1. The minimum Gasteiger partial charge on any atom is -0.444 e. The van der Waals surface area contributed by atoms with E-state index in [2.05, 4.69) is 0 Å². The SMILES string of the molecule is C[C@@H]1CN(C(=O)OC(C)(C)C)[C@@H](C)CN1C(C(N)=O)c1ccc(F)cc1. The fraction of sp³-hybridized carbons (Fsp3) is 0.579. The third-order valence-corrected chi connectivity index (χ3v) is 4.45. The van der Waals surface area contributed by atoms with E-state index in [1.54, 1.807) is 17.0 Å². The first kappa shape index (κ1) is 20.2. The van der Waals surface area contributed by atoms with Crippen LogP contribution in [-0.2, 0) is 9.53 Å². The van der Waals surface area contributed by atoms with Crippen molar-refractivity contribution >= 4 is 12.0 Å². The zero-order valence-corrected chi connectivity index (χ0v) is 16.0. The van der Waals surface area contributed by atoms with Crippen LogP contribution in [0.3, 0.4) is 0 Å². The lowest BCUT2D eigenvalue weighted by molar-refractivity contribution is -0.126. The first-order chi connectivity index (χ1) is 12.0. The number of nitrogens with two attached hydrogens (primary N) is 1. The number of hydrogen-bond acceptors (Lipinski definition) is 4. The van der Waals surface area contributed by atoms with Crippen LogP contribution in [0.1, 0.15) is 46.2 Å². The Morgan fingerprint density at radius 1 is 1.15 bits per heavy atom. The molecule has 6 nitrogen and oxygen atoms in total. The van der Waals surface area contributed by atoms with Crippen molar-refractivity contribution in [1.29, 1.82) is 0 Å². The second-order valence-corrected chi connectivity index (χ2v) is 7.88. The Morgan fingerprint density at radius 2 is 1.73 bits per heavy atom. The van der Waals surface area contributed by atoms with E-state index in [1.165, 1.54) is 12.1 Å². The molecule has 1 unspecified atom stereocenters. The maximum Gasteiger partial charge on any atom is 0.410 e. The Bertz CT molecular complexity index is 657. The van der Waals surface area contributed by atoms with Gasteiger partial charge in [-0.15, -0.1) is 0 Å². The van der Waals surface area contributed by atoms with Gasteiger partial charge >= 0.3 is 6.09 Å². The molecule has 1 saturated heterocycles. The Kier molecular flexibility index (Phi) is 5.91. The summed E-state index contributed by atoms with van der Waals surface area (Å²) in [7, 11) is 0. The van der Waals surface area contributed by atoms with E-state index in [-0.39, 0.29) is 24.0 Å². The van der Waals surface area contributed by atoms with E-state index >= 15 is 0 Å². The number of rotatable bonds is 3. The van der Waals surface area contributed by atoms with Gasteiger partial charge in [-0.3, -0.25) is 9.69 Å². The zero-order valence-electron chi connectivity index (χ0n) is 16.0. The average Bonchev–Trinajstić information content (AvgIpc) is 2.50. The van der Waals surface area contributed by atoms with Crippen LogP contribution >= 0.6 is 0 Å². The van der Waals surface area contributed by atoms with Crippen molar-refractivity contribution in [3.8, 4) is 0 Å². The van der Waals surface area contributed by atoms with Crippen molar-refractivity contribution in [2.45, 2.75) is 58.3 Å². The lowest BCUT2D eigenvalue weighted by Crippen LogP contribution is -2.60. The zero-order chi connectivity index (χ0) is 19.6. The number of ether oxygens (including phenoxy) is 1. The molecule has 7 heteroatoms. The molecular weight excluding hydrogens is 337 g/mol. The van der Waals surface area contributed by atoms with Gasteiger partial charge in [0.15, 0.2) is 0 Å². The molecule has 26 heavy (non-hydrogen) atoms. The van der Waals surface area contributed by atoms with Gasteiger partial charge in [-0.05, 0) is 52.3 Å². The summed E-state index contributed by atoms with van der Waals surface area (Å²) >= 11 is 0. The van der Waals surface area contributed by atoms with E-state index in [9.17, 15) is 14.0 Å². The third kappa shape index (κ3) is 4.72. The van der Waals surface area contributed by atoms with Crippen LogP contribution < -0.4 is 5.73 Å². The van der Waals surface area contributed by atoms with Gasteiger partial charge in [-0.25, -0.2) is 9.18 Å². The van der Waals surface area contributed by atoms with E-state index in [1.807, 2.05) is 39.5 Å². The van der Waals surface area contributed by atoms with E-state index in [0.717, 1.165) is 0 Å². The van der Waals surface area contributed by atoms with Crippen LogP contribution in [0.25, 0.3) is 0 Å². The quantitative estimate of drug-likeness (QED) is 0.893. The number of halogens is 1. The Balaban J connectivity index is 2.20. The molecule has 0 saturated carbocycles. The predicted octanol–water partition coefficient (Wildman–Crippen LogP) is 2.68. The van der Waals surface area contributed by atoms with Crippen molar-refractivity contribution in [3.63, 3.8) is 0 Å². The summed E-state index contributed by atoms with van der Waals surface area (Å²) in [5, 5.41) is 0. The second kappa shape index (κ2) is 7.61. The molecule has 2 N–H and O–H groups in total. The summed E-state index contributed by atoms with van der Waals surface area (Å²) in [6.07, 6.45) is -0.367. The number of nitrogens with zero attached hydrogens (tertiary/aromatic N) is 2. The molecule has 2 amide bonds. The standard InChI is InChI=1S/C19H28FN3O3/c1-12-11-23(18(25)26-19(3,4)5)13(2)10-22(12)16(17(21)24)14-6-8-15(20)9-7-14/h6-9,12-13,16H,10-11H2,1-5H3,(H2,21,24)/t12-,13+,16?/m1/s1. The van der Waals surface area contributed by atoms with Crippen LogP contribution in [0, 0.1) is 5.82 Å². The van der Waals surface area contributed by atoms with Crippen LogP contribution in [-0.4, -0.2) is 52.6 Å². The lowest BCUT2D eigenvalue weighted by atomic mass is 9.99. The molecule has 1 heterocycles. The number of amides is 2. The van der Waals surface area contributed by atoms with Crippen molar-refractivity contribution < 1.29 is 18.7 Å². The summed E-state index contributed by atoms with van der Waals surface area (Å²) in [6, 6.07) is 4.84. The molecule has 144 valence electrons. The normalized spacial score (nSPS) is 22.8. The molecule has 1 aliphatic rings. The molecule has 1 aromatic carbocycles. The van der Waals surface area contributed by atoms with Gasteiger partial charge in [0.1, 0.15) is 17.5 Å². The molecule has 0 aromatic heterocycles. The summed E-state index contributed by atoms with van der Waals surface area (Å²) in [5.41, 5.74) is 5.72. The Hall–Kier alpha value is -2.15. The number of benzene rings is 1. The number of carbonyl (C=O) groups excluding carboxylic acids is 2. The van der Waals surface area contributed by atoms with Gasteiger partial charge in [0.2, 0.25) is 5.91 Å². The van der Waals surface area contributed by atoms with Crippen molar-refractivity contribution in [2.75, 3.05) is 13.1 Å². The summed E-state index contributed by atoms with van der Waals surface area (Å²) in [5.74, 6) is -0.866. The molecule has 3 atom stereocenters. The molecule has 0 bridgehead atoms. The molecule has 2 rings (SSSR count). The van der Waals surface area contributed by atoms with E-state index < -0.39 is 17.6 Å². The number of piperazine rings is 1. The molecule has 1 fully saturated rings. The van der Waals surface area contributed by atoms with Gasteiger partial charge in [-0.2, -0.15) is 0 Å². The molecular formula is C19H28FN3O3. The highest BCUT2D eigenvalue weighted by molar-refractivity contribution is 5.81. The Labute approximate surface area is 154 Å². The minimum absolute atomic E-state index is 0.110. The fourth-order valence-corrected chi connectivity index (χ4v) is 3.25. The predicted molar refractivity (Wildman–Crippen MR) is 96.9 cm³/mol. The molecule has 1 aliphatic heterocycles. The first-order valence-corrected chi connectivity index (χ1v) is 8.79. The lowest BCUT2D eigenvalue weighted by Gasteiger charge is -2.46. The Morgan fingerprint density at radius 3 is 2.23 bits per heavy atom. The highest BCUT2D eigenvalue weighted by Gasteiger charge is 2.39. The first-order valence-electron chi connectivity index (χ1n) is 8.79. The summed E-state index contributed by atoms with van der Waals surface area (Å²) in [6.45, 7) is 10.2. The molecule has 0 spiro atoms. The summed E-state index contributed by atoms with van der Waals surface area (Å²) < 4.78 is 18.7. The molecule has 0 aliphatic carbocycles. The third-order valence-electron chi connectivity index (χ3n) is 4.45. The van der Waals surface area contributed by atoms with Gasteiger partial charge in [0.05, 0.1) is 0 Å². The van der Waals surface area contributed by atoms with Crippen molar-refractivity contribution in [3.05, 3.63) is 35.6 Å². The van der Waals surface area contributed by atoms with Crippen molar-refractivity contribution in [1.82, 2.24) is 9.80 Å². The fourth-order valence-electron chi connectivity index (χ4n) is 3.25. The second-order valence-electron chi connectivity index (χ2n) is 7.88. The monoisotopic (exact) mass is 365 g/mol. The van der Waals surface area contributed by atoms with Gasteiger partial charge in [0, 0.05) is 25.2 Å². The highest BCUT2D eigenvalue weighted by Crippen LogP contribution is 2.28. The van der Waals surface area contributed by atoms with E-state index in [4.69, 9.17) is 10.5 Å². The number of hydrogen-bond donors (Lipinski definition) is 1. The summed E-state index contributed by atoms with van der Waals surface area (Å²) in [4.78, 5) is 28.2. The number of primary amides is 1. The van der Waals surface area contributed by atoms with Gasteiger partial charge in [0.25, 0.3) is 0 Å². The minimum atomic E-state index is -0.672. The van der Waals surface area contributed by atoms with E-state index in [0.29, 0.717) is 18.7 Å². The largest absolute Gasteiger partial charge is 0.444 e. The molecule has 0 radical (unpaired) electrons. The van der Waals surface area contributed by atoms with Gasteiger partial charge < -0.3 is 15.4 Å². The maximum absolute atomic E-state index is 13.2.